The fourth-order valence-electron chi connectivity index (χ4n) is 3.25. The van der Waals surface area contributed by atoms with E-state index < -0.39 is 14.9 Å². The Morgan fingerprint density at radius 1 is 1.21 bits per heavy atom. The third kappa shape index (κ3) is 4.16. The van der Waals surface area contributed by atoms with Crippen molar-refractivity contribution in [1.82, 2.24) is 4.90 Å². The lowest BCUT2D eigenvalue weighted by Crippen LogP contribution is -2.29. The van der Waals surface area contributed by atoms with Crippen LogP contribution in [0.25, 0.3) is 0 Å². The average Bonchev–Trinajstić information content (AvgIpc) is 3.23. The van der Waals surface area contributed by atoms with E-state index in [-0.39, 0.29) is 33.5 Å². The van der Waals surface area contributed by atoms with Gasteiger partial charge < -0.3 is 9.64 Å². The molecule has 3 rings (SSSR count). The number of nitro benzene ring substituents is 1. The molecular weight excluding hydrogens is 398 g/mol. The third-order valence-corrected chi connectivity index (χ3v) is 6.17. The molecule has 0 aromatic heterocycles. The van der Waals surface area contributed by atoms with Gasteiger partial charge in [-0.25, -0.2) is 8.42 Å². The van der Waals surface area contributed by atoms with Gasteiger partial charge in [0.1, 0.15) is 10.6 Å². The number of ether oxygens (including phenoxy) is 1. The molecule has 1 aliphatic rings. The molecule has 1 saturated heterocycles. The van der Waals surface area contributed by atoms with Gasteiger partial charge in [0, 0.05) is 19.2 Å². The van der Waals surface area contributed by atoms with E-state index in [1.54, 1.807) is 30.0 Å². The highest BCUT2D eigenvalue weighted by Gasteiger charge is 2.27. The largest absolute Gasteiger partial charge is 0.495 e. The lowest BCUT2D eigenvalue weighted by molar-refractivity contribution is -0.385. The second-order valence-electron chi connectivity index (χ2n) is 6.69. The van der Waals surface area contributed by atoms with Crippen molar-refractivity contribution in [2.45, 2.75) is 24.7 Å². The summed E-state index contributed by atoms with van der Waals surface area (Å²) in [5.74, 6) is -0.396. The minimum absolute atomic E-state index is 0.160. The maximum absolute atomic E-state index is 13.0. The number of benzene rings is 2. The number of carbonyl (C=O) groups excluding carboxylic acids is 1. The number of aryl methyl sites for hydroxylation is 1. The third-order valence-electron chi connectivity index (χ3n) is 4.78. The summed E-state index contributed by atoms with van der Waals surface area (Å²) in [6.07, 6.45) is 1.83. The fraction of sp³-hybridized carbons (Fsp3) is 0.316. The average molecular weight is 419 g/mol. The van der Waals surface area contributed by atoms with Crippen LogP contribution in [0.4, 0.5) is 11.4 Å². The van der Waals surface area contributed by atoms with Gasteiger partial charge in [-0.05, 0) is 37.5 Å². The number of nitrogens with zero attached hydrogens (tertiary/aromatic N) is 2. The number of amides is 1. The number of sulfonamides is 1. The zero-order valence-corrected chi connectivity index (χ0v) is 16.9. The van der Waals surface area contributed by atoms with Crippen molar-refractivity contribution in [3.05, 3.63) is 57.6 Å². The van der Waals surface area contributed by atoms with Crippen LogP contribution in [-0.4, -0.2) is 44.3 Å². The molecule has 10 heteroatoms. The molecule has 0 bridgehead atoms. The molecule has 154 valence electrons. The molecule has 1 aliphatic heterocycles. The predicted octanol–water partition coefficient (Wildman–Crippen LogP) is 2.95. The molecule has 1 amide bonds. The molecule has 0 aliphatic carbocycles. The molecule has 1 fully saturated rings. The number of nitrogens with one attached hydrogen (secondary N) is 1. The summed E-state index contributed by atoms with van der Waals surface area (Å²) >= 11 is 0. The Balaban J connectivity index is 2.01. The topological polar surface area (TPSA) is 119 Å². The van der Waals surface area contributed by atoms with Gasteiger partial charge in [-0.2, -0.15) is 0 Å². The summed E-state index contributed by atoms with van der Waals surface area (Å²) in [5.41, 5.74) is 0.738. The molecule has 0 radical (unpaired) electrons. The van der Waals surface area contributed by atoms with E-state index in [1.165, 1.54) is 7.11 Å². The predicted molar refractivity (Wildman–Crippen MR) is 107 cm³/mol. The Morgan fingerprint density at radius 2 is 1.90 bits per heavy atom. The summed E-state index contributed by atoms with van der Waals surface area (Å²) in [4.78, 5) is 24.6. The first-order valence-corrected chi connectivity index (χ1v) is 10.5. The van der Waals surface area contributed by atoms with Crippen LogP contribution in [0.5, 0.6) is 5.75 Å². The van der Waals surface area contributed by atoms with Crippen LogP contribution in [0, 0.1) is 17.0 Å². The Hall–Kier alpha value is -3.14. The highest BCUT2D eigenvalue weighted by molar-refractivity contribution is 7.92. The normalized spacial score (nSPS) is 13.9. The van der Waals surface area contributed by atoms with E-state index in [4.69, 9.17) is 4.74 Å². The van der Waals surface area contributed by atoms with Crippen molar-refractivity contribution < 1.29 is 22.9 Å². The van der Waals surface area contributed by atoms with Crippen molar-refractivity contribution in [3.63, 3.8) is 0 Å². The monoisotopic (exact) mass is 419 g/mol. The first-order chi connectivity index (χ1) is 13.7. The molecule has 29 heavy (non-hydrogen) atoms. The van der Waals surface area contributed by atoms with Gasteiger partial charge >= 0.3 is 0 Å². The lowest BCUT2D eigenvalue weighted by atomic mass is 10.1. The number of carbonyl (C=O) groups is 1. The number of hydrogen-bond acceptors (Lipinski definition) is 6. The van der Waals surface area contributed by atoms with E-state index in [2.05, 4.69) is 4.72 Å². The van der Waals surface area contributed by atoms with E-state index in [0.29, 0.717) is 18.7 Å². The maximum Gasteiger partial charge on any atom is 0.273 e. The first-order valence-electron chi connectivity index (χ1n) is 8.98. The van der Waals surface area contributed by atoms with Gasteiger partial charge in [0.25, 0.3) is 21.6 Å². The molecule has 0 saturated carbocycles. The minimum atomic E-state index is -4.17. The SMILES string of the molecule is COc1cc([N+](=O)[O-])ccc1S(=O)(=O)Nc1c(C)cccc1C(=O)N1CCCC1. The molecule has 1 N–H and O–H groups in total. The van der Waals surface area contributed by atoms with Crippen LogP contribution in [-0.2, 0) is 10.0 Å². The van der Waals surface area contributed by atoms with Crippen LogP contribution in [0.2, 0.25) is 0 Å². The molecule has 0 atom stereocenters. The molecular formula is C19H21N3O6S. The van der Waals surface area contributed by atoms with E-state index in [9.17, 15) is 23.3 Å². The summed E-state index contributed by atoms with van der Waals surface area (Å²) in [6.45, 7) is 2.97. The number of anilines is 1. The summed E-state index contributed by atoms with van der Waals surface area (Å²) in [5, 5.41) is 11.0. The Morgan fingerprint density at radius 3 is 2.52 bits per heavy atom. The number of non-ortho nitro benzene ring substituents is 1. The number of rotatable bonds is 6. The first kappa shape index (κ1) is 20.6. The molecule has 2 aromatic carbocycles. The van der Waals surface area contributed by atoms with E-state index in [0.717, 1.165) is 31.0 Å². The highest BCUT2D eigenvalue weighted by Crippen LogP contribution is 2.32. The van der Waals surface area contributed by atoms with Gasteiger partial charge in [-0.15, -0.1) is 0 Å². The second kappa shape index (κ2) is 8.08. The van der Waals surface area contributed by atoms with E-state index in [1.807, 2.05) is 0 Å². The highest BCUT2D eigenvalue weighted by atomic mass is 32.2. The Kier molecular flexibility index (Phi) is 5.73. The smallest absolute Gasteiger partial charge is 0.273 e. The van der Waals surface area contributed by atoms with Crippen LogP contribution >= 0.6 is 0 Å². The molecule has 0 unspecified atom stereocenters. The molecule has 9 nitrogen and oxygen atoms in total. The van der Waals surface area contributed by atoms with Crippen LogP contribution in [0.1, 0.15) is 28.8 Å². The zero-order chi connectivity index (χ0) is 21.2. The van der Waals surface area contributed by atoms with Gasteiger partial charge in [0.15, 0.2) is 0 Å². The quantitative estimate of drug-likeness (QED) is 0.568. The van der Waals surface area contributed by atoms with Gasteiger partial charge in [-0.1, -0.05) is 12.1 Å². The Bertz CT molecular complexity index is 1060. The molecule has 2 aromatic rings. The lowest BCUT2D eigenvalue weighted by Gasteiger charge is -2.20. The number of hydrogen-bond donors (Lipinski definition) is 1. The standard InChI is InChI=1S/C19H21N3O6S/c1-13-6-5-7-15(19(23)21-10-3-4-11-21)18(13)20-29(26,27)17-9-8-14(22(24)25)12-16(17)28-2/h5-9,12,20H,3-4,10-11H2,1-2H3. The van der Waals surface area contributed by atoms with Gasteiger partial charge in [0.2, 0.25) is 0 Å². The van der Waals surface area contributed by atoms with Crippen LogP contribution < -0.4 is 9.46 Å². The van der Waals surface area contributed by atoms with Crippen molar-refractivity contribution in [1.29, 1.82) is 0 Å². The van der Waals surface area contributed by atoms with Gasteiger partial charge in [-0.3, -0.25) is 19.6 Å². The number of para-hydroxylation sites is 1. The van der Waals surface area contributed by atoms with Crippen molar-refractivity contribution in [2.75, 3.05) is 24.9 Å². The number of nitro groups is 1. The Labute approximate surface area is 168 Å². The summed E-state index contributed by atoms with van der Waals surface area (Å²) in [7, 11) is -2.94. The zero-order valence-electron chi connectivity index (χ0n) is 16.0. The van der Waals surface area contributed by atoms with Gasteiger partial charge in [0.05, 0.1) is 29.4 Å². The summed E-state index contributed by atoms with van der Waals surface area (Å²) in [6, 6.07) is 8.22. The maximum atomic E-state index is 13.0. The van der Waals surface area contributed by atoms with E-state index >= 15 is 0 Å². The summed E-state index contributed by atoms with van der Waals surface area (Å²) < 4.78 is 33.6. The minimum Gasteiger partial charge on any atom is -0.495 e. The van der Waals surface area contributed by atoms with Crippen molar-refractivity contribution >= 4 is 27.3 Å². The fourth-order valence-corrected chi connectivity index (χ4v) is 4.56. The second-order valence-corrected chi connectivity index (χ2v) is 8.35. The van der Waals surface area contributed by atoms with Crippen molar-refractivity contribution in [2.24, 2.45) is 0 Å². The van der Waals surface area contributed by atoms with Crippen LogP contribution in [0.3, 0.4) is 0 Å². The van der Waals surface area contributed by atoms with Crippen molar-refractivity contribution in [3.8, 4) is 5.75 Å². The van der Waals surface area contributed by atoms with Crippen LogP contribution in [0.15, 0.2) is 41.3 Å². The molecule has 0 spiro atoms. The molecule has 1 heterocycles. The number of methoxy groups -OCH3 is 1. The number of likely N-dealkylation sites (tertiary alicyclic amines) is 1.